The van der Waals surface area contributed by atoms with Crippen molar-refractivity contribution in [1.82, 2.24) is 9.88 Å². The molecule has 4 heteroatoms. The molecule has 2 aromatic rings. The van der Waals surface area contributed by atoms with Gasteiger partial charge in [0.05, 0.1) is 12.7 Å². The molecule has 0 radical (unpaired) electrons. The highest BCUT2D eigenvalue weighted by Gasteiger charge is 2.21. The third-order valence-corrected chi connectivity index (χ3v) is 6.62. The summed E-state index contributed by atoms with van der Waals surface area (Å²) in [5, 5.41) is 3.45. The molecule has 3 heterocycles. The Balaban J connectivity index is 1.20. The van der Waals surface area contributed by atoms with E-state index in [0.717, 1.165) is 51.3 Å². The molecule has 1 saturated heterocycles. The van der Waals surface area contributed by atoms with Crippen LogP contribution in [0.2, 0.25) is 0 Å². The Labute approximate surface area is 182 Å². The Morgan fingerprint density at radius 3 is 2.93 bits per heavy atom. The van der Waals surface area contributed by atoms with Crippen LogP contribution in [0.15, 0.2) is 42.5 Å². The fourth-order valence-corrected chi connectivity index (χ4v) is 4.77. The summed E-state index contributed by atoms with van der Waals surface area (Å²) in [5.74, 6) is 1.62. The Kier molecular flexibility index (Phi) is 7.76. The number of rotatable bonds is 9. The van der Waals surface area contributed by atoms with Crippen LogP contribution in [0.4, 0.5) is 5.82 Å². The second-order valence-corrected chi connectivity index (χ2v) is 8.86. The van der Waals surface area contributed by atoms with Gasteiger partial charge in [0, 0.05) is 24.7 Å². The van der Waals surface area contributed by atoms with Gasteiger partial charge in [0.15, 0.2) is 0 Å². The van der Waals surface area contributed by atoms with E-state index in [1.807, 2.05) is 0 Å². The molecule has 0 amide bonds. The average molecular weight is 408 g/mol. The van der Waals surface area contributed by atoms with E-state index in [2.05, 4.69) is 59.6 Å². The Morgan fingerprint density at radius 2 is 2.07 bits per heavy atom. The normalized spacial score (nSPS) is 20.4. The summed E-state index contributed by atoms with van der Waals surface area (Å²) < 4.78 is 6.39. The lowest BCUT2D eigenvalue weighted by atomic mass is 9.97. The zero-order valence-corrected chi connectivity index (χ0v) is 18.5. The van der Waals surface area contributed by atoms with Crippen LogP contribution in [0.3, 0.4) is 0 Å². The molecule has 1 fully saturated rings. The molecule has 0 bridgehead atoms. The van der Waals surface area contributed by atoms with Crippen LogP contribution in [0.1, 0.15) is 61.8 Å². The van der Waals surface area contributed by atoms with Crippen LogP contribution in [0.5, 0.6) is 0 Å². The maximum Gasteiger partial charge on any atom is 0.129 e. The van der Waals surface area contributed by atoms with E-state index in [9.17, 15) is 0 Å². The second-order valence-electron chi connectivity index (χ2n) is 8.86. The maximum atomic E-state index is 6.39. The van der Waals surface area contributed by atoms with Crippen LogP contribution in [-0.4, -0.2) is 48.8 Å². The quantitative estimate of drug-likeness (QED) is 0.631. The standard InChI is InChI=1S/C26H37N3O/c1-2-21(22-9-4-3-5-10-22)20-30-25-13-8-18-29(19-25)17-7-12-24-15-14-23-11-6-16-27-26(23)28-24/h3-5,9-10,14-15,21,25H,2,6-8,11-13,16-20H2,1H3,(H,27,28)/t21?,25-/m1/s1. The van der Waals surface area contributed by atoms with E-state index in [1.165, 1.54) is 49.0 Å². The van der Waals surface area contributed by atoms with Crippen molar-refractivity contribution < 1.29 is 4.74 Å². The number of fused-ring (bicyclic) bond motifs is 1. The van der Waals surface area contributed by atoms with Gasteiger partial charge in [-0.05, 0) is 75.2 Å². The van der Waals surface area contributed by atoms with Gasteiger partial charge in [0.1, 0.15) is 5.82 Å². The van der Waals surface area contributed by atoms with Gasteiger partial charge in [-0.2, -0.15) is 0 Å². The molecule has 0 spiro atoms. The molecule has 30 heavy (non-hydrogen) atoms. The van der Waals surface area contributed by atoms with Crippen molar-refractivity contribution in [2.75, 3.05) is 38.1 Å². The van der Waals surface area contributed by atoms with E-state index in [1.54, 1.807) is 0 Å². The highest BCUT2D eigenvalue weighted by molar-refractivity contribution is 5.47. The van der Waals surface area contributed by atoms with Crippen molar-refractivity contribution in [3.8, 4) is 0 Å². The lowest BCUT2D eigenvalue weighted by Gasteiger charge is -2.33. The summed E-state index contributed by atoms with van der Waals surface area (Å²) in [4.78, 5) is 7.44. The third kappa shape index (κ3) is 5.83. The molecule has 1 aromatic heterocycles. The third-order valence-electron chi connectivity index (χ3n) is 6.62. The molecule has 1 unspecified atom stereocenters. The van der Waals surface area contributed by atoms with E-state index in [-0.39, 0.29) is 0 Å². The molecule has 162 valence electrons. The molecule has 2 atom stereocenters. The minimum absolute atomic E-state index is 0.377. The van der Waals surface area contributed by atoms with Crippen molar-refractivity contribution in [3.63, 3.8) is 0 Å². The summed E-state index contributed by atoms with van der Waals surface area (Å²) in [7, 11) is 0. The van der Waals surface area contributed by atoms with Gasteiger partial charge < -0.3 is 15.0 Å². The van der Waals surface area contributed by atoms with Crippen LogP contribution in [0, 0.1) is 0 Å². The van der Waals surface area contributed by atoms with Crippen molar-refractivity contribution in [3.05, 3.63) is 59.3 Å². The minimum Gasteiger partial charge on any atom is -0.376 e. The summed E-state index contributed by atoms with van der Waals surface area (Å²) in [6, 6.07) is 15.3. The Morgan fingerprint density at radius 1 is 1.17 bits per heavy atom. The van der Waals surface area contributed by atoms with Crippen molar-refractivity contribution in [2.45, 2.75) is 63.9 Å². The second kappa shape index (κ2) is 10.9. The number of likely N-dealkylation sites (tertiary alicyclic amines) is 1. The summed E-state index contributed by atoms with van der Waals surface area (Å²) in [6.07, 6.45) is 8.55. The van der Waals surface area contributed by atoms with Gasteiger partial charge in [0.25, 0.3) is 0 Å². The fraction of sp³-hybridized carbons (Fsp3) is 0.577. The smallest absolute Gasteiger partial charge is 0.129 e. The van der Waals surface area contributed by atoms with Crippen LogP contribution >= 0.6 is 0 Å². The fourth-order valence-electron chi connectivity index (χ4n) is 4.77. The average Bonchev–Trinajstić information content (AvgIpc) is 2.80. The van der Waals surface area contributed by atoms with Crippen LogP contribution in [-0.2, 0) is 17.6 Å². The van der Waals surface area contributed by atoms with E-state index < -0.39 is 0 Å². The van der Waals surface area contributed by atoms with Gasteiger partial charge in [0.2, 0.25) is 0 Å². The highest BCUT2D eigenvalue weighted by Crippen LogP contribution is 2.23. The number of nitrogens with one attached hydrogen (secondary N) is 1. The summed E-state index contributed by atoms with van der Waals surface area (Å²) in [5.41, 5.74) is 4.00. The largest absolute Gasteiger partial charge is 0.376 e. The number of benzene rings is 1. The lowest BCUT2D eigenvalue weighted by Crippen LogP contribution is -2.40. The van der Waals surface area contributed by atoms with Crippen LogP contribution < -0.4 is 5.32 Å². The molecule has 2 aliphatic rings. The number of hydrogen-bond donors (Lipinski definition) is 1. The molecule has 4 rings (SSSR count). The number of hydrogen-bond acceptors (Lipinski definition) is 4. The van der Waals surface area contributed by atoms with Gasteiger partial charge in [-0.3, -0.25) is 0 Å². The van der Waals surface area contributed by atoms with Crippen molar-refractivity contribution in [1.29, 1.82) is 0 Å². The Hall–Kier alpha value is -1.91. The topological polar surface area (TPSA) is 37.4 Å². The zero-order valence-electron chi connectivity index (χ0n) is 18.5. The monoisotopic (exact) mass is 407 g/mol. The van der Waals surface area contributed by atoms with Crippen LogP contribution in [0.25, 0.3) is 0 Å². The van der Waals surface area contributed by atoms with Gasteiger partial charge in [-0.1, -0.05) is 43.3 Å². The van der Waals surface area contributed by atoms with Crippen molar-refractivity contribution >= 4 is 5.82 Å². The van der Waals surface area contributed by atoms with Gasteiger partial charge in [-0.15, -0.1) is 0 Å². The first-order valence-corrected chi connectivity index (χ1v) is 11.9. The number of anilines is 1. The lowest BCUT2D eigenvalue weighted by molar-refractivity contribution is -0.00728. The van der Waals surface area contributed by atoms with E-state index >= 15 is 0 Å². The highest BCUT2D eigenvalue weighted by atomic mass is 16.5. The summed E-state index contributed by atoms with van der Waals surface area (Å²) >= 11 is 0. The molecule has 2 aliphatic heterocycles. The first-order valence-electron chi connectivity index (χ1n) is 11.9. The first-order chi connectivity index (χ1) is 14.8. The summed E-state index contributed by atoms with van der Waals surface area (Å²) in [6.45, 7) is 7.58. The molecular weight excluding hydrogens is 370 g/mol. The number of aryl methyl sites for hydroxylation is 2. The number of nitrogens with zero attached hydrogens (tertiary/aromatic N) is 2. The molecule has 1 aromatic carbocycles. The van der Waals surface area contributed by atoms with Gasteiger partial charge >= 0.3 is 0 Å². The van der Waals surface area contributed by atoms with E-state index in [0.29, 0.717) is 12.0 Å². The molecule has 0 saturated carbocycles. The number of piperidine rings is 1. The zero-order chi connectivity index (χ0) is 20.6. The Bertz CT molecular complexity index is 779. The van der Waals surface area contributed by atoms with Gasteiger partial charge in [-0.25, -0.2) is 4.98 Å². The minimum atomic E-state index is 0.377. The molecule has 1 N–H and O–H groups in total. The van der Waals surface area contributed by atoms with Crippen molar-refractivity contribution in [2.24, 2.45) is 0 Å². The first kappa shape index (κ1) is 21.3. The predicted molar refractivity (Wildman–Crippen MR) is 124 cm³/mol. The molecule has 4 nitrogen and oxygen atoms in total. The van der Waals surface area contributed by atoms with E-state index in [4.69, 9.17) is 9.72 Å². The predicted octanol–water partition coefficient (Wildman–Crippen LogP) is 5.05. The number of ether oxygens (including phenoxy) is 1. The number of pyridine rings is 1. The maximum absolute atomic E-state index is 6.39. The molecule has 0 aliphatic carbocycles. The molecular formula is C26H37N3O. The number of aromatic nitrogens is 1. The SMILES string of the molecule is CCC(CO[C@@H]1CCCN(CCCc2ccc3c(n2)NCCC3)C1)c1ccccc1.